The molecule has 1 aromatic carbocycles. The summed E-state index contributed by atoms with van der Waals surface area (Å²) in [4.78, 5) is 8.64. The van der Waals surface area contributed by atoms with Gasteiger partial charge in [0.2, 0.25) is 0 Å². The minimum absolute atomic E-state index is 0.446. The normalized spacial score (nSPS) is 11.1. The predicted molar refractivity (Wildman–Crippen MR) is 103 cm³/mol. The minimum atomic E-state index is 0.446. The van der Waals surface area contributed by atoms with E-state index in [1.54, 1.807) is 19.5 Å². The Morgan fingerprint density at radius 2 is 1.77 bits per heavy atom. The van der Waals surface area contributed by atoms with Crippen molar-refractivity contribution in [2.24, 2.45) is 0 Å². The molecule has 0 aliphatic heterocycles. The summed E-state index contributed by atoms with van der Waals surface area (Å²) in [5.41, 5.74) is 12.0. The quantitative estimate of drug-likeness (QED) is 0.578. The molecule has 3 N–H and O–H groups in total. The zero-order chi connectivity index (χ0) is 17.9. The van der Waals surface area contributed by atoms with Crippen LogP contribution in [0.2, 0.25) is 0 Å². The van der Waals surface area contributed by atoms with E-state index in [1.165, 1.54) is 0 Å². The van der Waals surface area contributed by atoms with Crippen LogP contribution in [0.1, 0.15) is 5.69 Å². The molecule has 3 heterocycles. The first-order chi connectivity index (χ1) is 12.8. The van der Waals surface area contributed by atoms with Crippen LogP contribution in [0.25, 0.3) is 33.2 Å². The van der Waals surface area contributed by atoms with Crippen molar-refractivity contribution >= 4 is 16.7 Å². The molecule has 4 aromatic rings. The fourth-order valence-electron chi connectivity index (χ4n) is 3.11. The first kappa shape index (κ1) is 16.2. The number of methoxy groups -OCH3 is 1. The van der Waals surface area contributed by atoms with E-state index in [-0.39, 0.29) is 0 Å². The highest BCUT2D eigenvalue weighted by Gasteiger charge is 2.10. The lowest BCUT2D eigenvalue weighted by molar-refractivity contribution is 0.201. The summed E-state index contributed by atoms with van der Waals surface area (Å²) in [7, 11) is 1.70. The van der Waals surface area contributed by atoms with E-state index in [0.717, 1.165) is 45.3 Å². The van der Waals surface area contributed by atoms with E-state index in [1.807, 2.05) is 18.3 Å². The maximum atomic E-state index is 5.95. The van der Waals surface area contributed by atoms with Crippen LogP contribution in [-0.4, -0.2) is 33.9 Å². The van der Waals surface area contributed by atoms with E-state index < -0.39 is 0 Å². The first-order valence-electron chi connectivity index (χ1n) is 8.39. The van der Waals surface area contributed by atoms with Crippen molar-refractivity contribution in [1.29, 1.82) is 0 Å². The Balaban J connectivity index is 1.72. The molecule has 0 fully saturated rings. The fourth-order valence-corrected chi connectivity index (χ4v) is 3.11. The third kappa shape index (κ3) is 2.91. The SMILES string of the molecule is COCCc1[nH]ncc1-c1ccc(-c2cnc(N)c3ncccc23)cc1. The Hall–Kier alpha value is -3.25. The van der Waals surface area contributed by atoms with Gasteiger partial charge in [0.15, 0.2) is 0 Å². The highest BCUT2D eigenvalue weighted by atomic mass is 16.5. The number of nitrogens with two attached hydrogens (primary N) is 1. The number of fused-ring (bicyclic) bond motifs is 1. The van der Waals surface area contributed by atoms with Crippen LogP contribution in [0.3, 0.4) is 0 Å². The molecule has 4 rings (SSSR count). The summed E-state index contributed by atoms with van der Waals surface area (Å²) in [6.07, 6.45) is 6.18. The Labute approximate surface area is 151 Å². The Kier molecular flexibility index (Phi) is 4.33. The molecule has 6 nitrogen and oxygen atoms in total. The number of pyridine rings is 2. The van der Waals surface area contributed by atoms with Crippen molar-refractivity contribution < 1.29 is 4.74 Å². The van der Waals surface area contributed by atoms with Gasteiger partial charge in [0.1, 0.15) is 11.3 Å². The summed E-state index contributed by atoms with van der Waals surface area (Å²) in [6, 6.07) is 12.3. The van der Waals surface area contributed by atoms with Gasteiger partial charge in [-0.3, -0.25) is 10.1 Å². The number of aromatic nitrogens is 4. The van der Waals surface area contributed by atoms with Crippen molar-refractivity contribution in [1.82, 2.24) is 20.2 Å². The number of nitrogens with zero attached hydrogens (tertiary/aromatic N) is 3. The molecule has 0 saturated heterocycles. The largest absolute Gasteiger partial charge is 0.384 e. The van der Waals surface area contributed by atoms with Crippen LogP contribution in [0.15, 0.2) is 55.0 Å². The second-order valence-corrected chi connectivity index (χ2v) is 6.04. The number of H-pyrrole nitrogens is 1. The Morgan fingerprint density at radius 1 is 1.00 bits per heavy atom. The van der Waals surface area contributed by atoms with Gasteiger partial charge in [0.05, 0.1) is 12.8 Å². The number of hydrogen-bond donors (Lipinski definition) is 2. The van der Waals surface area contributed by atoms with E-state index in [9.17, 15) is 0 Å². The van der Waals surface area contributed by atoms with E-state index in [0.29, 0.717) is 12.4 Å². The second kappa shape index (κ2) is 6.93. The molecule has 0 bridgehead atoms. The molecule has 0 aliphatic rings. The molecule has 0 aliphatic carbocycles. The van der Waals surface area contributed by atoms with Crippen LogP contribution in [-0.2, 0) is 11.2 Å². The highest BCUT2D eigenvalue weighted by molar-refractivity contribution is 5.98. The van der Waals surface area contributed by atoms with Crippen molar-refractivity contribution in [3.8, 4) is 22.3 Å². The van der Waals surface area contributed by atoms with Gasteiger partial charge in [-0.15, -0.1) is 0 Å². The second-order valence-electron chi connectivity index (χ2n) is 6.04. The summed E-state index contributed by atoms with van der Waals surface area (Å²) in [5.74, 6) is 0.446. The third-order valence-corrected chi connectivity index (χ3v) is 4.45. The smallest absolute Gasteiger partial charge is 0.149 e. The molecule has 0 saturated carbocycles. The average molecular weight is 345 g/mol. The van der Waals surface area contributed by atoms with Crippen molar-refractivity contribution in [3.05, 3.63) is 60.7 Å². The molecule has 130 valence electrons. The number of nitrogens with one attached hydrogen (secondary N) is 1. The Morgan fingerprint density at radius 3 is 2.54 bits per heavy atom. The molecule has 0 radical (unpaired) electrons. The molecular weight excluding hydrogens is 326 g/mol. The molecule has 26 heavy (non-hydrogen) atoms. The lowest BCUT2D eigenvalue weighted by Crippen LogP contribution is -1.97. The van der Waals surface area contributed by atoms with E-state index >= 15 is 0 Å². The minimum Gasteiger partial charge on any atom is -0.384 e. The zero-order valence-corrected chi connectivity index (χ0v) is 14.4. The molecule has 0 amide bonds. The average Bonchev–Trinajstić information content (AvgIpc) is 3.16. The van der Waals surface area contributed by atoms with Crippen LogP contribution in [0, 0.1) is 0 Å². The summed E-state index contributed by atoms with van der Waals surface area (Å²) >= 11 is 0. The molecule has 0 spiro atoms. The van der Waals surface area contributed by atoms with Gasteiger partial charge in [0, 0.05) is 48.1 Å². The number of ether oxygens (including phenoxy) is 1. The first-order valence-corrected chi connectivity index (χ1v) is 8.39. The van der Waals surface area contributed by atoms with Gasteiger partial charge in [0.25, 0.3) is 0 Å². The monoisotopic (exact) mass is 345 g/mol. The highest BCUT2D eigenvalue weighted by Crippen LogP contribution is 2.31. The van der Waals surface area contributed by atoms with Gasteiger partial charge in [-0.25, -0.2) is 4.98 Å². The molecule has 3 aromatic heterocycles. The number of rotatable bonds is 5. The van der Waals surface area contributed by atoms with Gasteiger partial charge >= 0.3 is 0 Å². The number of nitrogen functional groups attached to an aromatic ring is 1. The third-order valence-electron chi connectivity index (χ3n) is 4.45. The summed E-state index contributed by atoms with van der Waals surface area (Å²) in [5, 5.41) is 8.22. The molecule has 0 atom stereocenters. The van der Waals surface area contributed by atoms with E-state index in [2.05, 4.69) is 44.4 Å². The van der Waals surface area contributed by atoms with Gasteiger partial charge < -0.3 is 10.5 Å². The molecule has 0 unspecified atom stereocenters. The predicted octanol–water partition coefficient (Wildman–Crippen LogP) is 3.46. The molecule has 6 heteroatoms. The fraction of sp³-hybridized carbons (Fsp3) is 0.150. The van der Waals surface area contributed by atoms with Crippen LogP contribution >= 0.6 is 0 Å². The maximum absolute atomic E-state index is 5.95. The van der Waals surface area contributed by atoms with Crippen molar-refractivity contribution in [2.75, 3.05) is 19.5 Å². The maximum Gasteiger partial charge on any atom is 0.149 e. The van der Waals surface area contributed by atoms with Crippen LogP contribution in [0.4, 0.5) is 5.82 Å². The Bertz CT molecular complexity index is 1040. The van der Waals surface area contributed by atoms with Crippen LogP contribution < -0.4 is 5.73 Å². The van der Waals surface area contributed by atoms with Gasteiger partial charge in [-0.1, -0.05) is 30.3 Å². The van der Waals surface area contributed by atoms with Crippen LogP contribution in [0.5, 0.6) is 0 Å². The lowest BCUT2D eigenvalue weighted by Gasteiger charge is -2.09. The van der Waals surface area contributed by atoms with Gasteiger partial charge in [-0.2, -0.15) is 5.10 Å². The number of hydrogen-bond acceptors (Lipinski definition) is 5. The summed E-state index contributed by atoms with van der Waals surface area (Å²) in [6.45, 7) is 0.656. The van der Waals surface area contributed by atoms with Crippen molar-refractivity contribution in [2.45, 2.75) is 6.42 Å². The molecular formula is C20H19N5O. The standard InChI is InChI=1S/C20H19N5O/c1-26-10-8-18-17(12-24-25-18)14-6-4-13(5-7-14)16-11-23-20(21)19-15(16)3-2-9-22-19/h2-7,9,11-12H,8,10H2,1H3,(H2,21,23)(H,24,25). The summed E-state index contributed by atoms with van der Waals surface area (Å²) < 4.78 is 5.16. The number of benzene rings is 1. The van der Waals surface area contributed by atoms with Crippen molar-refractivity contribution in [3.63, 3.8) is 0 Å². The van der Waals surface area contributed by atoms with E-state index in [4.69, 9.17) is 10.5 Å². The number of aromatic amines is 1. The number of anilines is 1. The zero-order valence-electron chi connectivity index (χ0n) is 14.4. The van der Waals surface area contributed by atoms with Gasteiger partial charge in [-0.05, 0) is 17.2 Å². The topological polar surface area (TPSA) is 89.7 Å². The lowest BCUT2D eigenvalue weighted by atomic mass is 9.99.